The summed E-state index contributed by atoms with van der Waals surface area (Å²) in [7, 11) is 0. The largest absolute Gasteiger partial charge is 0.491 e. The van der Waals surface area contributed by atoms with E-state index in [2.05, 4.69) is 4.90 Å². The molecule has 2 heterocycles. The first-order valence-electron chi connectivity index (χ1n) is 8.79. The van der Waals surface area contributed by atoms with Crippen molar-refractivity contribution in [2.24, 2.45) is 0 Å². The molecule has 0 N–H and O–H groups in total. The molecule has 0 saturated carbocycles. The van der Waals surface area contributed by atoms with Gasteiger partial charge in [-0.3, -0.25) is 4.79 Å². The van der Waals surface area contributed by atoms with Crippen molar-refractivity contribution in [2.45, 2.75) is 19.3 Å². The lowest BCUT2D eigenvalue weighted by molar-refractivity contribution is -0.117. The van der Waals surface area contributed by atoms with Crippen LogP contribution in [0.3, 0.4) is 0 Å². The molecule has 130 valence electrons. The number of allylic oxidation sites excluding steroid dienone is 1. The van der Waals surface area contributed by atoms with Crippen LogP contribution >= 0.6 is 0 Å². The summed E-state index contributed by atoms with van der Waals surface area (Å²) in [5, 5.41) is 0. The Morgan fingerprint density at radius 3 is 2.54 bits per heavy atom. The number of carbonyl (C=O) groups is 1. The molecule has 0 atom stereocenters. The molecule has 1 aromatic carbocycles. The maximum absolute atomic E-state index is 11.5. The van der Waals surface area contributed by atoms with Crippen LogP contribution in [0.25, 0.3) is 0 Å². The van der Waals surface area contributed by atoms with Gasteiger partial charge in [0.25, 0.3) is 0 Å². The van der Waals surface area contributed by atoms with Gasteiger partial charge in [0.15, 0.2) is 5.78 Å². The second-order valence-corrected chi connectivity index (χ2v) is 6.26. The number of rotatable bonds is 8. The lowest BCUT2D eigenvalue weighted by atomic mass is 10.2. The fraction of sp³-hybridized carbons (Fsp3) is 0.526. The second kappa shape index (κ2) is 8.85. The molecule has 24 heavy (non-hydrogen) atoms. The minimum atomic E-state index is 0.240. The Kier molecular flexibility index (Phi) is 6.26. The van der Waals surface area contributed by atoms with E-state index in [0.717, 1.165) is 24.6 Å². The van der Waals surface area contributed by atoms with E-state index in [1.165, 1.54) is 25.9 Å². The zero-order valence-electron chi connectivity index (χ0n) is 14.2. The summed E-state index contributed by atoms with van der Waals surface area (Å²) in [6.45, 7) is 5.84. The SMILES string of the molecule is O=C1CC=CN(c2ccc(OCCOCCN3CCCC3)cc2)C1. The van der Waals surface area contributed by atoms with Gasteiger partial charge in [0.1, 0.15) is 12.4 Å². The highest BCUT2D eigenvalue weighted by Gasteiger charge is 2.12. The fourth-order valence-corrected chi connectivity index (χ4v) is 3.05. The topological polar surface area (TPSA) is 42.0 Å². The number of nitrogens with zero attached hydrogens (tertiary/aromatic N) is 2. The van der Waals surface area contributed by atoms with E-state index in [1.807, 2.05) is 41.4 Å². The molecule has 5 nitrogen and oxygen atoms in total. The Balaban J connectivity index is 1.33. The van der Waals surface area contributed by atoms with Gasteiger partial charge in [-0.25, -0.2) is 0 Å². The van der Waals surface area contributed by atoms with E-state index >= 15 is 0 Å². The van der Waals surface area contributed by atoms with Gasteiger partial charge in [0.2, 0.25) is 0 Å². The molecular formula is C19H26N2O3. The van der Waals surface area contributed by atoms with Crippen LogP contribution < -0.4 is 9.64 Å². The molecule has 0 spiro atoms. The van der Waals surface area contributed by atoms with Crippen LogP contribution in [0.4, 0.5) is 5.69 Å². The molecule has 0 radical (unpaired) electrons. The number of ether oxygens (including phenoxy) is 2. The van der Waals surface area contributed by atoms with Crippen LogP contribution in [0, 0.1) is 0 Å². The monoisotopic (exact) mass is 330 g/mol. The van der Waals surface area contributed by atoms with Gasteiger partial charge in [-0.05, 0) is 50.2 Å². The van der Waals surface area contributed by atoms with E-state index in [-0.39, 0.29) is 5.78 Å². The van der Waals surface area contributed by atoms with Gasteiger partial charge in [-0.1, -0.05) is 6.08 Å². The first kappa shape index (κ1) is 17.0. The van der Waals surface area contributed by atoms with Crippen LogP contribution in [0.2, 0.25) is 0 Å². The van der Waals surface area contributed by atoms with E-state index in [1.54, 1.807) is 0 Å². The summed E-state index contributed by atoms with van der Waals surface area (Å²) < 4.78 is 11.3. The molecule has 2 aliphatic rings. The summed E-state index contributed by atoms with van der Waals surface area (Å²) in [5.74, 6) is 1.07. The van der Waals surface area contributed by atoms with Crippen LogP contribution in [-0.4, -0.2) is 56.7 Å². The average molecular weight is 330 g/mol. The van der Waals surface area contributed by atoms with E-state index in [4.69, 9.17) is 9.47 Å². The van der Waals surface area contributed by atoms with Crippen LogP contribution in [0.5, 0.6) is 5.75 Å². The Bertz CT molecular complexity index is 550. The molecule has 5 heteroatoms. The van der Waals surface area contributed by atoms with Crippen molar-refractivity contribution in [2.75, 3.05) is 50.9 Å². The number of carbonyl (C=O) groups excluding carboxylic acids is 1. The molecule has 0 aliphatic carbocycles. The van der Waals surface area contributed by atoms with Gasteiger partial charge in [0.05, 0.1) is 19.8 Å². The molecule has 3 rings (SSSR count). The molecule has 0 unspecified atom stereocenters. The van der Waals surface area contributed by atoms with Crippen molar-refractivity contribution in [3.8, 4) is 5.75 Å². The average Bonchev–Trinajstić information content (AvgIpc) is 3.12. The third kappa shape index (κ3) is 5.08. The summed E-state index contributed by atoms with van der Waals surface area (Å²) in [6.07, 6.45) is 7.04. The highest BCUT2D eigenvalue weighted by Crippen LogP contribution is 2.21. The van der Waals surface area contributed by atoms with E-state index in [0.29, 0.717) is 26.2 Å². The van der Waals surface area contributed by atoms with Gasteiger partial charge in [-0.15, -0.1) is 0 Å². The summed E-state index contributed by atoms with van der Waals surface area (Å²) in [5.41, 5.74) is 1.01. The van der Waals surface area contributed by atoms with Crippen molar-refractivity contribution in [3.05, 3.63) is 36.5 Å². The van der Waals surface area contributed by atoms with Crippen molar-refractivity contribution in [3.63, 3.8) is 0 Å². The predicted molar refractivity (Wildman–Crippen MR) is 94.5 cm³/mol. The number of hydrogen-bond donors (Lipinski definition) is 0. The Labute approximate surface area is 143 Å². The smallest absolute Gasteiger partial charge is 0.156 e. The molecule has 0 amide bonds. The first-order chi connectivity index (χ1) is 11.8. The second-order valence-electron chi connectivity index (χ2n) is 6.26. The minimum Gasteiger partial charge on any atom is -0.491 e. The Hall–Kier alpha value is -1.85. The number of likely N-dealkylation sites (tertiary alicyclic amines) is 1. The molecule has 1 fully saturated rings. The quantitative estimate of drug-likeness (QED) is 0.685. The van der Waals surface area contributed by atoms with E-state index < -0.39 is 0 Å². The predicted octanol–water partition coefficient (Wildman–Crippen LogP) is 2.47. The van der Waals surface area contributed by atoms with Crippen LogP contribution in [-0.2, 0) is 9.53 Å². The normalized spacial score (nSPS) is 18.3. The summed E-state index contributed by atoms with van der Waals surface area (Å²) in [6, 6.07) is 7.83. The zero-order chi connectivity index (χ0) is 16.6. The summed E-state index contributed by atoms with van der Waals surface area (Å²) >= 11 is 0. The first-order valence-corrected chi connectivity index (χ1v) is 8.79. The number of benzene rings is 1. The highest BCUT2D eigenvalue weighted by atomic mass is 16.5. The number of anilines is 1. The van der Waals surface area contributed by atoms with Crippen molar-refractivity contribution < 1.29 is 14.3 Å². The Morgan fingerprint density at radius 1 is 1.00 bits per heavy atom. The molecule has 1 aromatic rings. The molecular weight excluding hydrogens is 304 g/mol. The van der Waals surface area contributed by atoms with Gasteiger partial charge < -0.3 is 19.3 Å². The van der Waals surface area contributed by atoms with Gasteiger partial charge in [-0.2, -0.15) is 0 Å². The van der Waals surface area contributed by atoms with Crippen molar-refractivity contribution >= 4 is 11.5 Å². The standard InChI is InChI=1S/C19H26N2O3/c22-18-4-3-11-21(16-18)17-5-7-19(8-6-17)24-15-14-23-13-12-20-9-1-2-10-20/h3,5-8,11H,1-2,4,9-10,12-16H2. The molecule has 0 bridgehead atoms. The van der Waals surface area contributed by atoms with E-state index in [9.17, 15) is 4.79 Å². The summed E-state index contributed by atoms with van der Waals surface area (Å²) in [4.78, 5) is 15.9. The molecule has 2 aliphatic heterocycles. The van der Waals surface area contributed by atoms with Crippen molar-refractivity contribution in [1.82, 2.24) is 4.90 Å². The third-order valence-electron chi connectivity index (χ3n) is 4.39. The fourth-order valence-electron chi connectivity index (χ4n) is 3.05. The maximum atomic E-state index is 11.5. The maximum Gasteiger partial charge on any atom is 0.156 e. The van der Waals surface area contributed by atoms with Gasteiger partial charge in [0, 0.05) is 24.9 Å². The number of ketones is 1. The highest BCUT2D eigenvalue weighted by molar-refractivity contribution is 5.86. The van der Waals surface area contributed by atoms with Crippen molar-refractivity contribution in [1.29, 1.82) is 0 Å². The zero-order valence-corrected chi connectivity index (χ0v) is 14.2. The molecule has 1 saturated heterocycles. The lowest BCUT2D eigenvalue weighted by Crippen LogP contribution is -2.27. The number of Topliss-reactive ketones (excluding diaryl/α,β-unsaturated/α-hetero) is 1. The molecule has 0 aromatic heterocycles. The van der Waals surface area contributed by atoms with Crippen LogP contribution in [0.1, 0.15) is 19.3 Å². The van der Waals surface area contributed by atoms with Crippen LogP contribution in [0.15, 0.2) is 36.5 Å². The third-order valence-corrected chi connectivity index (χ3v) is 4.39. The Morgan fingerprint density at radius 2 is 1.79 bits per heavy atom. The van der Waals surface area contributed by atoms with Gasteiger partial charge >= 0.3 is 0 Å². The lowest BCUT2D eigenvalue weighted by Gasteiger charge is -2.22. The minimum absolute atomic E-state index is 0.240. The number of hydrogen-bond acceptors (Lipinski definition) is 5.